The van der Waals surface area contributed by atoms with Crippen molar-refractivity contribution in [3.63, 3.8) is 0 Å². The summed E-state index contributed by atoms with van der Waals surface area (Å²) in [7, 11) is 0. The predicted octanol–water partition coefficient (Wildman–Crippen LogP) is 8.87. The maximum Gasteiger partial charge on any atom is 0.413 e. The molecule has 2 aromatic heterocycles. The Bertz CT molecular complexity index is 2270. The lowest BCUT2D eigenvalue weighted by Crippen LogP contribution is -2.57. The van der Waals surface area contributed by atoms with Gasteiger partial charge >= 0.3 is 18.2 Å². The molecule has 2 bridgehead atoms. The first-order valence-electron chi connectivity index (χ1n) is 19.1. The number of thiazole rings is 1. The van der Waals surface area contributed by atoms with E-state index in [1.807, 2.05) is 25.7 Å². The second-order valence-corrected chi connectivity index (χ2v) is 18.8. The number of nitrogens with zero attached hydrogens (tertiary/aromatic N) is 6. The van der Waals surface area contributed by atoms with Gasteiger partial charge in [0, 0.05) is 48.6 Å². The molecule has 2 aromatic carbocycles. The van der Waals surface area contributed by atoms with E-state index < -0.39 is 63.7 Å². The predicted molar refractivity (Wildman–Crippen MR) is 209 cm³/mol. The quantitative estimate of drug-likeness (QED) is 0.189. The molecule has 4 aliphatic rings. The van der Waals surface area contributed by atoms with E-state index in [1.54, 1.807) is 25.7 Å². The molecule has 4 aromatic rings. The average molecular weight is 834 g/mol. The molecule has 4 aliphatic heterocycles. The number of aromatic nitrogens is 3. The molecule has 306 valence electrons. The second kappa shape index (κ2) is 14.3. The van der Waals surface area contributed by atoms with E-state index in [0.717, 1.165) is 30.7 Å². The normalized spacial score (nSPS) is 23.7. The summed E-state index contributed by atoms with van der Waals surface area (Å²) in [5, 5.41) is 2.31. The molecule has 6 heterocycles. The van der Waals surface area contributed by atoms with Crippen molar-refractivity contribution in [2.75, 3.05) is 43.0 Å². The van der Waals surface area contributed by atoms with Crippen LogP contribution in [0.3, 0.4) is 0 Å². The van der Waals surface area contributed by atoms with Crippen molar-refractivity contribution in [3.8, 4) is 17.1 Å². The van der Waals surface area contributed by atoms with Crippen LogP contribution in [0.1, 0.15) is 73.6 Å². The van der Waals surface area contributed by atoms with Crippen molar-refractivity contribution in [1.29, 1.82) is 0 Å². The highest BCUT2D eigenvalue weighted by Crippen LogP contribution is 2.46. The Kier molecular flexibility index (Phi) is 9.90. The van der Waals surface area contributed by atoms with Crippen LogP contribution >= 0.6 is 22.9 Å². The first-order chi connectivity index (χ1) is 26.8. The van der Waals surface area contributed by atoms with Gasteiger partial charge in [-0.1, -0.05) is 22.9 Å². The Balaban J connectivity index is 1.22. The number of carbonyl (C=O) groups excluding carboxylic acids is 2. The minimum atomic E-state index is -1.14. The number of hydrogen-bond acceptors (Lipinski definition) is 11. The van der Waals surface area contributed by atoms with Crippen LogP contribution in [0.15, 0.2) is 12.1 Å². The van der Waals surface area contributed by atoms with Crippen molar-refractivity contribution in [2.45, 2.75) is 109 Å². The fourth-order valence-corrected chi connectivity index (χ4v) is 9.88. The number of piperazine rings is 1. The van der Waals surface area contributed by atoms with Crippen LogP contribution in [0.5, 0.6) is 6.01 Å². The molecule has 8 rings (SSSR count). The zero-order chi connectivity index (χ0) is 40.8. The molecule has 4 saturated heterocycles. The Labute approximate surface area is 335 Å². The number of nitrogens with one attached hydrogen (secondary N) is 1. The van der Waals surface area contributed by atoms with Crippen molar-refractivity contribution in [3.05, 3.63) is 34.6 Å². The highest BCUT2D eigenvalue weighted by molar-refractivity contribution is 7.22. The maximum atomic E-state index is 17.3. The van der Waals surface area contributed by atoms with Crippen molar-refractivity contribution in [2.24, 2.45) is 0 Å². The molecule has 0 saturated carbocycles. The van der Waals surface area contributed by atoms with Crippen LogP contribution in [0.2, 0.25) is 5.02 Å². The van der Waals surface area contributed by atoms with E-state index >= 15 is 13.2 Å². The Morgan fingerprint density at radius 1 is 0.947 bits per heavy atom. The lowest BCUT2D eigenvalue weighted by atomic mass is 9.95. The lowest BCUT2D eigenvalue weighted by Gasteiger charge is -2.42. The summed E-state index contributed by atoms with van der Waals surface area (Å²) in [6.07, 6.45) is 1.04. The highest BCUT2D eigenvalue weighted by Gasteiger charge is 2.50. The fourth-order valence-electron chi connectivity index (χ4n) is 8.73. The van der Waals surface area contributed by atoms with Crippen LogP contribution in [-0.4, -0.2) is 105 Å². The molecule has 0 radical (unpaired) electrons. The number of ether oxygens (including phenoxy) is 3. The van der Waals surface area contributed by atoms with E-state index in [1.165, 1.54) is 6.07 Å². The van der Waals surface area contributed by atoms with Crippen molar-refractivity contribution < 1.29 is 41.4 Å². The number of benzene rings is 2. The van der Waals surface area contributed by atoms with E-state index in [-0.39, 0.29) is 62.4 Å². The summed E-state index contributed by atoms with van der Waals surface area (Å²) >= 11 is 7.58. The number of halogens is 5. The Morgan fingerprint density at radius 3 is 2.33 bits per heavy atom. The van der Waals surface area contributed by atoms with Crippen LogP contribution in [-0.2, 0) is 9.47 Å². The lowest BCUT2D eigenvalue weighted by molar-refractivity contribution is 0.0122. The first kappa shape index (κ1) is 39.6. The molecular formula is C39H44ClF4N7O5S. The number of alkyl halides is 1. The molecule has 0 spiro atoms. The van der Waals surface area contributed by atoms with Gasteiger partial charge in [-0.25, -0.2) is 32.1 Å². The van der Waals surface area contributed by atoms with Gasteiger partial charge in [-0.3, -0.25) is 15.1 Å². The first-order valence-corrected chi connectivity index (χ1v) is 20.3. The molecule has 2 unspecified atom stereocenters. The third kappa shape index (κ3) is 7.50. The van der Waals surface area contributed by atoms with Crippen molar-refractivity contribution in [1.82, 2.24) is 24.8 Å². The van der Waals surface area contributed by atoms with Crippen LogP contribution in [0.4, 0.5) is 38.1 Å². The monoisotopic (exact) mass is 833 g/mol. The summed E-state index contributed by atoms with van der Waals surface area (Å²) in [5.74, 6) is -2.85. The topological polar surface area (TPSA) is 122 Å². The van der Waals surface area contributed by atoms with E-state index in [2.05, 4.69) is 20.2 Å². The molecule has 18 heteroatoms. The van der Waals surface area contributed by atoms with E-state index in [0.29, 0.717) is 44.4 Å². The molecular weight excluding hydrogens is 790 g/mol. The Hall–Kier alpha value is -4.22. The van der Waals surface area contributed by atoms with Gasteiger partial charge in [-0.2, -0.15) is 9.97 Å². The van der Waals surface area contributed by atoms with Gasteiger partial charge in [0.1, 0.15) is 46.9 Å². The van der Waals surface area contributed by atoms with Gasteiger partial charge in [0.05, 0.1) is 32.9 Å². The van der Waals surface area contributed by atoms with E-state index in [9.17, 15) is 14.0 Å². The molecule has 4 fully saturated rings. The zero-order valence-electron chi connectivity index (χ0n) is 32.5. The minimum Gasteiger partial charge on any atom is -0.461 e. The molecule has 0 aliphatic carbocycles. The van der Waals surface area contributed by atoms with Crippen LogP contribution in [0, 0.1) is 17.5 Å². The molecule has 2 amide bonds. The summed E-state index contributed by atoms with van der Waals surface area (Å²) < 4.78 is 80.3. The van der Waals surface area contributed by atoms with Gasteiger partial charge in [0.25, 0.3) is 0 Å². The number of anilines is 2. The third-order valence-corrected chi connectivity index (χ3v) is 12.2. The van der Waals surface area contributed by atoms with Gasteiger partial charge in [0.2, 0.25) is 0 Å². The van der Waals surface area contributed by atoms with Gasteiger partial charge in [-0.05, 0) is 79.8 Å². The van der Waals surface area contributed by atoms with Gasteiger partial charge < -0.3 is 19.1 Å². The van der Waals surface area contributed by atoms with Crippen molar-refractivity contribution >= 4 is 67.2 Å². The average Bonchev–Trinajstić information content (AvgIpc) is 3.83. The maximum absolute atomic E-state index is 17.3. The number of fused-ring (bicyclic) bond motifs is 5. The third-order valence-electron chi connectivity index (χ3n) is 10.9. The fraction of sp³-hybridized carbons (Fsp3) is 0.564. The number of rotatable bonds is 6. The standard InChI is InChI=1S/C39H44ClF4N7O5S/c1-37(2,3)55-35(52)48-34-46-30-27(24(42)13-25(43)31(30)57-34)26-23(40)12-22-29(28(26)44)45-33(54-18-39-10-7-11-50(39)15-19(41)14-39)47-32(22)49-16-20-8-9-21(17-49)51(20)36(53)56-38(4,5)6/h12-13,19-21H,7-11,14-18H2,1-6H3,(H,46,48,52)/t19-,20?,21?,39+/m1/s1. The largest absolute Gasteiger partial charge is 0.461 e. The molecule has 1 N–H and O–H groups in total. The Morgan fingerprint density at radius 2 is 1.65 bits per heavy atom. The van der Waals surface area contributed by atoms with E-state index in [4.69, 9.17) is 30.8 Å². The molecule has 4 atom stereocenters. The number of hydrogen-bond donors (Lipinski definition) is 1. The summed E-state index contributed by atoms with van der Waals surface area (Å²) in [5.41, 5.74) is -3.47. The van der Waals surface area contributed by atoms with Crippen LogP contribution in [0.25, 0.3) is 32.2 Å². The van der Waals surface area contributed by atoms with Gasteiger partial charge in [0.15, 0.2) is 10.9 Å². The number of amides is 2. The summed E-state index contributed by atoms with van der Waals surface area (Å²) in [6, 6.07) is 1.41. The second-order valence-electron chi connectivity index (χ2n) is 17.4. The van der Waals surface area contributed by atoms with Gasteiger partial charge in [-0.15, -0.1) is 0 Å². The summed E-state index contributed by atoms with van der Waals surface area (Å²) in [4.78, 5) is 45.2. The highest BCUT2D eigenvalue weighted by atomic mass is 35.5. The zero-order valence-corrected chi connectivity index (χ0v) is 34.1. The molecule has 12 nitrogen and oxygen atoms in total. The smallest absolute Gasteiger partial charge is 0.413 e. The minimum absolute atomic E-state index is 0.0670. The van der Waals surface area contributed by atoms with Crippen LogP contribution < -0.4 is 15.0 Å². The number of carbonyl (C=O) groups is 2. The summed E-state index contributed by atoms with van der Waals surface area (Å²) in [6.45, 7) is 12.2. The molecule has 57 heavy (non-hydrogen) atoms. The SMILES string of the molecule is CC(C)(C)OC(=O)Nc1nc2c(-c3c(Cl)cc4c(N5CC6CCC(C5)N6C(=O)OC(C)(C)C)nc(OC[C@@]56CCCN5C[C@H](F)C6)nc4c3F)c(F)cc(F)c2s1.